The van der Waals surface area contributed by atoms with Gasteiger partial charge in [-0.25, -0.2) is 18.2 Å². The number of aromatic hydroxyl groups is 1. The number of ether oxygens (including phenoxy) is 1. The molecule has 3 aliphatic rings. The number of likely N-dealkylation sites (tertiary alicyclic amines) is 1. The van der Waals surface area contributed by atoms with E-state index in [1.54, 1.807) is 28.5 Å². The standard InChI is InChI=1S/C34H37FN6O8S/c1-38-27-16-21(5-7-25(27)41(34(38)46)26-8-9-29(43)36-33(26)45)20-10-13-39(14-11-20)12-2-3-15-49-23-6-4-22-17-28(42)32(31(35)24(22)18-23)40-19-30(44)37-50(40,47)48/h4-7,16-18,20,26,42H,2-3,8-15,19H2,1H3,(H,37,44)(H,36,43,45). The molecule has 0 radical (unpaired) electrons. The number of nitrogens with one attached hydrogen (secondary N) is 2. The summed E-state index contributed by atoms with van der Waals surface area (Å²) in [6.45, 7) is 2.50. The summed E-state index contributed by atoms with van der Waals surface area (Å²) in [5.41, 5.74) is 1.73. The summed E-state index contributed by atoms with van der Waals surface area (Å²) in [5.74, 6) is -2.42. The molecule has 16 heteroatoms. The molecule has 4 heterocycles. The lowest BCUT2D eigenvalue weighted by molar-refractivity contribution is -0.135. The van der Waals surface area contributed by atoms with Crippen LogP contribution in [0.1, 0.15) is 56.0 Å². The molecular formula is C34H37FN6O8S. The molecule has 3 aromatic carbocycles. The first-order chi connectivity index (χ1) is 23.9. The summed E-state index contributed by atoms with van der Waals surface area (Å²) in [4.78, 5) is 51.3. The Morgan fingerprint density at radius 2 is 1.74 bits per heavy atom. The molecule has 0 spiro atoms. The van der Waals surface area contributed by atoms with E-state index >= 15 is 4.39 Å². The third kappa shape index (κ3) is 6.17. The Morgan fingerprint density at radius 1 is 0.960 bits per heavy atom. The van der Waals surface area contributed by atoms with Gasteiger partial charge in [-0.15, -0.1) is 0 Å². The van der Waals surface area contributed by atoms with Gasteiger partial charge >= 0.3 is 15.9 Å². The second-order valence-electron chi connectivity index (χ2n) is 13.1. The van der Waals surface area contributed by atoms with E-state index in [-0.39, 0.29) is 23.4 Å². The van der Waals surface area contributed by atoms with Gasteiger partial charge in [0.05, 0.1) is 17.6 Å². The van der Waals surface area contributed by atoms with Crippen molar-refractivity contribution in [2.24, 2.45) is 7.05 Å². The molecular weight excluding hydrogens is 671 g/mol. The maximum absolute atomic E-state index is 15.5. The van der Waals surface area contributed by atoms with Crippen molar-refractivity contribution in [2.75, 3.05) is 37.1 Å². The number of imide groups is 1. The van der Waals surface area contributed by atoms with Gasteiger partial charge in [0.15, 0.2) is 5.82 Å². The van der Waals surface area contributed by atoms with Crippen LogP contribution in [0.3, 0.4) is 0 Å². The monoisotopic (exact) mass is 708 g/mol. The fourth-order valence-electron chi connectivity index (χ4n) is 7.26. The fraction of sp³-hybridized carbons (Fsp3) is 0.412. The van der Waals surface area contributed by atoms with Crippen LogP contribution in [0.15, 0.2) is 47.3 Å². The van der Waals surface area contributed by atoms with E-state index in [1.807, 2.05) is 18.2 Å². The SMILES string of the molecule is Cn1c(=O)n(C2CCC(=O)NC2=O)c2ccc(C3CCN(CCCCOc4ccc5cc(O)c(N6CC(=O)NS6(=O)=O)c(F)c5c4)CC3)cc21. The number of halogens is 1. The summed E-state index contributed by atoms with van der Waals surface area (Å²) in [7, 11) is -2.61. The minimum atomic E-state index is -4.31. The van der Waals surface area contributed by atoms with Gasteiger partial charge in [-0.05, 0) is 98.9 Å². The first-order valence-electron chi connectivity index (χ1n) is 16.6. The van der Waals surface area contributed by atoms with E-state index in [4.69, 9.17) is 4.74 Å². The second-order valence-corrected chi connectivity index (χ2v) is 14.7. The predicted molar refractivity (Wildman–Crippen MR) is 182 cm³/mol. The zero-order valence-electron chi connectivity index (χ0n) is 27.4. The average molecular weight is 709 g/mol. The van der Waals surface area contributed by atoms with Gasteiger partial charge in [0.2, 0.25) is 11.8 Å². The zero-order valence-corrected chi connectivity index (χ0v) is 28.2. The van der Waals surface area contributed by atoms with Crippen molar-refractivity contribution in [2.45, 2.75) is 50.5 Å². The van der Waals surface area contributed by atoms with Crippen molar-refractivity contribution >= 4 is 55.4 Å². The highest BCUT2D eigenvalue weighted by Crippen LogP contribution is 2.39. The molecule has 7 rings (SSSR count). The molecule has 3 saturated heterocycles. The molecule has 0 aliphatic carbocycles. The van der Waals surface area contributed by atoms with Crippen molar-refractivity contribution in [1.82, 2.24) is 24.1 Å². The van der Waals surface area contributed by atoms with E-state index in [2.05, 4.69) is 10.2 Å². The number of hydrogen-bond donors (Lipinski definition) is 3. The molecule has 3 aliphatic heterocycles. The van der Waals surface area contributed by atoms with Crippen molar-refractivity contribution in [1.29, 1.82) is 0 Å². The van der Waals surface area contributed by atoms with Crippen LogP contribution in [0.2, 0.25) is 0 Å². The Bertz CT molecular complexity index is 2210. The summed E-state index contributed by atoms with van der Waals surface area (Å²) in [5, 5.41) is 13.1. The Morgan fingerprint density at radius 3 is 2.46 bits per heavy atom. The summed E-state index contributed by atoms with van der Waals surface area (Å²) < 4.78 is 51.3. The van der Waals surface area contributed by atoms with Gasteiger partial charge in [-0.1, -0.05) is 12.1 Å². The molecule has 264 valence electrons. The van der Waals surface area contributed by atoms with Gasteiger partial charge < -0.3 is 14.7 Å². The van der Waals surface area contributed by atoms with Crippen molar-refractivity contribution in [3.63, 3.8) is 0 Å². The Balaban J connectivity index is 0.916. The first-order valence-corrected chi connectivity index (χ1v) is 18.0. The number of phenolic OH excluding ortho intramolecular Hbond substituents is 1. The molecule has 1 aromatic heterocycles. The summed E-state index contributed by atoms with van der Waals surface area (Å²) in [6, 6.07) is 11.2. The third-order valence-electron chi connectivity index (χ3n) is 9.91. The number of benzene rings is 3. The number of piperidine rings is 2. The Kier molecular flexibility index (Phi) is 8.76. The molecule has 0 saturated carbocycles. The number of nitrogens with zero attached hydrogens (tertiary/aromatic N) is 4. The number of hydrogen-bond acceptors (Lipinski definition) is 9. The molecule has 3 amide bonds. The molecule has 0 bridgehead atoms. The highest BCUT2D eigenvalue weighted by atomic mass is 32.2. The van der Waals surface area contributed by atoms with Gasteiger partial charge in [0.25, 0.3) is 5.91 Å². The lowest BCUT2D eigenvalue weighted by atomic mass is 9.89. The minimum absolute atomic E-state index is 0.0565. The van der Waals surface area contributed by atoms with Gasteiger partial charge in [-0.3, -0.25) is 28.8 Å². The van der Waals surface area contributed by atoms with Crippen molar-refractivity contribution in [3.8, 4) is 11.5 Å². The quantitative estimate of drug-likeness (QED) is 0.175. The van der Waals surface area contributed by atoms with E-state index < -0.39 is 51.9 Å². The zero-order chi connectivity index (χ0) is 35.3. The lowest BCUT2D eigenvalue weighted by Crippen LogP contribution is -2.44. The van der Waals surface area contributed by atoms with Crippen LogP contribution in [0, 0.1) is 5.82 Å². The second kappa shape index (κ2) is 13.1. The van der Waals surface area contributed by atoms with Crippen molar-refractivity contribution < 1.29 is 37.0 Å². The lowest BCUT2D eigenvalue weighted by Gasteiger charge is -2.32. The van der Waals surface area contributed by atoms with Crippen LogP contribution >= 0.6 is 0 Å². The molecule has 1 atom stereocenters. The normalized spacial score (nSPS) is 20.1. The van der Waals surface area contributed by atoms with Crippen LogP contribution in [0.25, 0.3) is 21.8 Å². The molecule has 3 fully saturated rings. The summed E-state index contributed by atoms with van der Waals surface area (Å²) >= 11 is 0. The van der Waals surface area contributed by atoms with E-state index in [9.17, 15) is 32.7 Å². The van der Waals surface area contributed by atoms with Crippen molar-refractivity contribution in [3.05, 3.63) is 64.3 Å². The highest BCUT2D eigenvalue weighted by molar-refractivity contribution is 7.92. The number of anilines is 1. The predicted octanol–water partition coefficient (Wildman–Crippen LogP) is 2.54. The average Bonchev–Trinajstić information content (AvgIpc) is 3.50. The maximum Gasteiger partial charge on any atom is 0.329 e. The summed E-state index contributed by atoms with van der Waals surface area (Å²) in [6.07, 6.45) is 4.07. The van der Waals surface area contributed by atoms with Crippen LogP contribution < -0.4 is 24.8 Å². The number of amides is 3. The Hall–Kier alpha value is -4.96. The number of aryl methyl sites for hydroxylation is 1. The molecule has 1 unspecified atom stereocenters. The smallest absolute Gasteiger partial charge is 0.329 e. The molecule has 4 aromatic rings. The minimum Gasteiger partial charge on any atom is -0.506 e. The van der Waals surface area contributed by atoms with Crippen LogP contribution in [-0.4, -0.2) is 78.1 Å². The van der Waals surface area contributed by atoms with Crippen LogP contribution in [0.5, 0.6) is 11.5 Å². The van der Waals surface area contributed by atoms with E-state index in [0.29, 0.717) is 39.9 Å². The maximum atomic E-state index is 15.5. The van der Waals surface area contributed by atoms with E-state index in [1.165, 1.54) is 16.7 Å². The molecule has 3 N–H and O–H groups in total. The Labute approximate surface area is 286 Å². The molecule has 50 heavy (non-hydrogen) atoms. The number of fused-ring (bicyclic) bond motifs is 2. The van der Waals surface area contributed by atoms with Gasteiger partial charge in [-0.2, -0.15) is 8.42 Å². The van der Waals surface area contributed by atoms with Crippen LogP contribution in [-0.2, 0) is 31.6 Å². The largest absolute Gasteiger partial charge is 0.506 e. The topological polar surface area (TPSA) is 172 Å². The van der Waals surface area contributed by atoms with Gasteiger partial charge in [0.1, 0.15) is 29.8 Å². The molecule has 14 nitrogen and oxygen atoms in total. The number of aromatic nitrogens is 2. The van der Waals surface area contributed by atoms with E-state index in [0.717, 1.165) is 56.4 Å². The number of imidazole rings is 1. The number of carbonyl (C=O) groups excluding carboxylic acids is 3. The number of rotatable bonds is 9. The number of phenols is 1. The number of carbonyl (C=O) groups is 3. The van der Waals surface area contributed by atoms with Gasteiger partial charge in [0, 0.05) is 18.9 Å². The number of unbranched alkanes of at least 4 members (excludes halogenated alkanes) is 1. The fourth-order valence-corrected chi connectivity index (χ4v) is 8.43. The first kappa shape index (κ1) is 33.5. The van der Waals surface area contributed by atoms with Crippen LogP contribution in [0.4, 0.5) is 10.1 Å². The third-order valence-corrected chi connectivity index (χ3v) is 11.3. The highest BCUT2D eigenvalue weighted by Gasteiger charge is 2.38.